The fraction of sp³-hybridized carbons (Fsp3) is 0.706. The Morgan fingerprint density at radius 3 is 2.63 bits per heavy atom. The van der Waals surface area contributed by atoms with Crippen molar-refractivity contribution in [1.29, 1.82) is 0 Å². The fourth-order valence-corrected chi connectivity index (χ4v) is 2.94. The topological polar surface area (TPSA) is 26.3 Å². The fourth-order valence-electron chi connectivity index (χ4n) is 2.94. The highest BCUT2D eigenvalue weighted by molar-refractivity contribution is 5.71. The van der Waals surface area contributed by atoms with Gasteiger partial charge in [-0.1, -0.05) is 39.0 Å². The summed E-state index contributed by atoms with van der Waals surface area (Å²) in [5, 5.41) is 0. The molecule has 0 aliphatic heterocycles. The molecule has 1 fully saturated rings. The number of ether oxygens (including phenoxy) is 1. The largest absolute Gasteiger partial charge is 0.465 e. The van der Waals surface area contributed by atoms with Crippen LogP contribution in [0.1, 0.15) is 47.0 Å². The molecule has 3 unspecified atom stereocenters. The highest BCUT2D eigenvalue weighted by Gasteiger charge is 2.38. The lowest BCUT2D eigenvalue weighted by Crippen LogP contribution is -2.35. The van der Waals surface area contributed by atoms with E-state index in [9.17, 15) is 4.79 Å². The molecule has 19 heavy (non-hydrogen) atoms. The lowest BCUT2D eigenvalue weighted by molar-refractivity contribution is -0.149. The van der Waals surface area contributed by atoms with Crippen molar-refractivity contribution in [3.05, 3.63) is 24.8 Å². The second-order valence-corrected chi connectivity index (χ2v) is 6.53. The molecule has 2 heteroatoms. The van der Waals surface area contributed by atoms with Crippen LogP contribution in [0.2, 0.25) is 0 Å². The van der Waals surface area contributed by atoms with Crippen molar-refractivity contribution in [1.82, 2.24) is 0 Å². The maximum Gasteiger partial charge on any atom is 0.308 e. The van der Waals surface area contributed by atoms with Gasteiger partial charge < -0.3 is 4.74 Å². The Balaban J connectivity index is 2.60. The average molecular weight is 264 g/mol. The summed E-state index contributed by atoms with van der Waals surface area (Å²) in [6, 6.07) is 0. The molecule has 0 aromatic heterocycles. The molecule has 1 aliphatic rings. The Kier molecular flexibility index (Phi) is 5.39. The summed E-state index contributed by atoms with van der Waals surface area (Å²) < 4.78 is 5.38. The minimum absolute atomic E-state index is 0.0426. The first kappa shape index (κ1) is 16.0. The summed E-state index contributed by atoms with van der Waals surface area (Å²) in [7, 11) is 0. The van der Waals surface area contributed by atoms with Crippen LogP contribution in [-0.4, -0.2) is 12.6 Å². The molecule has 0 amide bonds. The van der Waals surface area contributed by atoms with Gasteiger partial charge in [0, 0.05) is 0 Å². The van der Waals surface area contributed by atoms with Crippen LogP contribution in [0.3, 0.4) is 0 Å². The van der Waals surface area contributed by atoms with Gasteiger partial charge in [-0.25, -0.2) is 0 Å². The number of hydrogen-bond acceptors (Lipinski definition) is 2. The van der Waals surface area contributed by atoms with Crippen molar-refractivity contribution in [3.63, 3.8) is 0 Å². The van der Waals surface area contributed by atoms with Crippen LogP contribution in [0, 0.1) is 23.2 Å². The van der Waals surface area contributed by atoms with E-state index in [0.717, 1.165) is 19.3 Å². The van der Waals surface area contributed by atoms with E-state index in [2.05, 4.69) is 33.1 Å². The molecule has 0 bridgehead atoms. The summed E-state index contributed by atoms with van der Waals surface area (Å²) in [4.78, 5) is 11.5. The van der Waals surface area contributed by atoms with E-state index in [1.54, 1.807) is 0 Å². The minimum Gasteiger partial charge on any atom is -0.465 e. The number of allylic oxidation sites excluding steroid dienone is 2. The van der Waals surface area contributed by atoms with Crippen LogP contribution in [0.25, 0.3) is 0 Å². The minimum atomic E-state index is -0.0936. The SMILES string of the molecule is C=CC1(C)CCC(COC(=O)C(C)C)CC1C(=C)C. The Morgan fingerprint density at radius 2 is 2.16 bits per heavy atom. The molecule has 1 saturated carbocycles. The molecule has 0 radical (unpaired) electrons. The molecule has 0 N–H and O–H groups in total. The molecule has 3 atom stereocenters. The van der Waals surface area contributed by atoms with Gasteiger partial charge in [-0.05, 0) is 43.4 Å². The second-order valence-electron chi connectivity index (χ2n) is 6.53. The van der Waals surface area contributed by atoms with E-state index in [0.29, 0.717) is 18.4 Å². The Bertz CT molecular complexity index is 356. The van der Waals surface area contributed by atoms with Gasteiger partial charge in [0.05, 0.1) is 12.5 Å². The molecule has 108 valence electrons. The third-order valence-electron chi connectivity index (χ3n) is 4.45. The molecule has 0 aromatic rings. The Morgan fingerprint density at radius 1 is 1.53 bits per heavy atom. The van der Waals surface area contributed by atoms with Crippen molar-refractivity contribution >= 4 is 5.97 Å². The van der Waals surface area contributed by atoms with Gasteiger partial charge in [-0.3, -0.25) is 4.79 Å². The normalized spacial score (nSPS) is 31.0. The molecule has 0 aromatic carbocycles. The van der Waals surface area contributed by atoms with Gasteiger partial charge in [0.2, 0.25) is 0 Å². The van der Waals surface area contributed by atoms with Crippen LogP contribution in [0.4, 0.5) is 0 Å². The van der Waals surface area contributed by atoms with E-state index >= 15 is 0 Å². The lowest BCUT2D eigenvalue weighted by atomic mass is 9.62. The van der Waals surface area contributed by atoms with E-state index in [1.807, 2.05) is 13.8 Å². The third kappa shape index (κ3) is 3.95. The van der Waals surface area contributed by atoms with Crippen molar-refractivity contribution in [2.45, 2.75) is 47.0 Å². The zero-order valence-electron chi connectivity index (χ0n) is 12.9. The van der Waals surface area contributed by atoms with Crippen LogP contribution >= 0.6 is 0 Å². The molecular weight excluding hydrogens is 236 g/mol. The monoisotopic (exact) mass is 264 g/mol. The van der Waals surface area contributed by atoms with Gasteiger partial charge in [0.1, 0.15) is 0 Å². The van der Waals surface area contributed by atoms with E-state index in [-0.39, 0.29) is 17.3 Å². The van der Waals surface area contributed by atoms with Gasteiger partial charge >= 0.3 is 5.97 Å². The van der Waals surface area contributed by atoms with E-state index < -0.39 is 0 Å². The van der Waals surface area contributed by atoms with Crippen LogP contribution in [0.5, 0.6) is 0 Å². The van der Waals surface area contributed by atoms with Gasteiger partial charge in [0.15, 0.2) is 0 Å². The number of esters is 1. The van der Waals surface area contributed by atoms with Gasteiger partial charge in [0.25, 0.3) is 0 Å². The average Bonchev–Trinajstić information content (AvgIpc) is 2.36. The summed E-state index contributed by atoms with van der Waals surface area (Å²) in [6.45, 7) is 16.8. The van der Waals surface area contributed by atoms with E-state index in [1.165, 1.54) is 5.57 Å². The van der Waals surface area contributed by atoms with Crippen molar-refractivity contribution in [3.8, 4) is 0 Å². The number of carbonyl (C=O) groups is 1. The lowest BCUT2D eigenvalue weighted by Gasteiger charge is -2.43. The second kappa shape index (κ2) is 6.40. The number of carbonyl (C=O) groups excluding carboxylic acids is 1. The first-order chi connectivity index (χ1) is 8.80. The number of rotatable bonds is 5. The molecular formula is C17H28O2. The molecule has 2 nitrogen and oxygen atoms in total. The molecule has 1 rings (SSSR count). The molecule has 0 spiro atoms. The molecule has 0 saturated heterocycles. The summed E-state index contributed by atoms with van der Waals surface area (Å²) in [5.41, 5.74) is 1.35. The molecule has 1 aliphatic carbocycles. The van der Waals surface area contributed by atoms with E-state index in [4.69, 9.17) is 4.74 Å². The smallest absolute Gasteiger partial charge is 0.308 e. The molecule has 0 heterocycles. The zero-order chi connectivity index (χ0) is 14.6. The summed E-state index contributed by atoms with van der Waals surface area (Å²) in [6.07, 6.45) is 5.31. The maximum atomic E-state index is 11.5. The third-order valence-corrected chi connectivity index (χ3v) is 4.45. The maximum absolute atomic E-state index is 11.5. The predicted molar refractivity (Wildman–Crippen MR) is 79.7 cm³/mol. The first-order valence-corrected chi connectivity index (χ1v) is 7.25. The van der Waals surface area contributed by atoms with Crippen LogP contribution in [0.15, 0.2) is 24.8 Å². The highest BCUT2D eigenvalue weighted by atomic mass is 16.5. The Hall–Kier alpha value is -1.05. The van der Waals surface area contributed by atoms with Gasteiger partial charge in [-0.15, -0.1) is 6.58 Å². The standard InChI is InChI=1S/C17H28O2/c1-7-17(6)9-8-14(10-15(17)12(2)3)11-19-16(18)13(4)5/h7,13-15H,1-2,8-11H2,3-6H3. The Labute approximate surface area is 117 Å². The first-order valence-electron chi connectivity index (χ1n) is 7.25. The highest BCUT2D eigenvalue weighted by Crippen LogP contribution is 2.47. The van der Waals surface area contributed by atoms with Crippen LogP contribution < -0.4 is 0 Å². The van der Waals surface area contributed by atoms with Crippen LogP contribution in [-0.2, 0) is 9.53 Å². The van der Waals surface area contributed by atoms with Gasteiger partial charge in [-0.2, -0.15) is 0 Å². The number of hydrogen-bond donors (Lipinski definition) is 0. The summed E-state index contributed by atoms with van der Waals surface area (Å²) >= 11 is 0. The van der Waals surface area contributed by atoms with Crippen molar-refractivity contribution in [2.24, 2.45) is 23.2 Å². The predicted octanol–water partition coefficient (Wildman–Crippen LogP) is 4.37. The zero-order valence-corrected chi connectivity index (χ0v) is 12.9. The quantitative estimate of drug-likeness (QED) is 0.544. The van der Waals surface area contributed by atoms with Crippen molar-refractivity contribution in [2.75, 3.05) is 6.61 Å². The summed E-state index contributed by atoms with van der Waals surface area (Å²) in [5.74, 6) is 0.766. The van der Waals surface area contributed by atoms with Crippen molar-refractivity contribution < 1.29 is 9.53 Å².